The first-order valence-corrected chi connectivity index (χ1v) is 5.91. The molecule has 0 saturated carbocycles. The second-order valence-electron chi connectivity index (χ2n) is 4.07. The van der Waals surface area contributed by atoms with Gasteiger partial charge in [0, 0.05) is 18.0 Å². The lowest BCUT2D eigenvalue weighted by Crippen LogP contribution is -1.91. The van der Waals surface area contributed by atoms with Gasteiger partial charge in [-0.05, 0) is 18.2 Å². The molecule has 2 aromatic heterocycles. The Hall–Kier alpha value is -2.40. The van der Waals surface area contributed by atoms with E-state index in [4.69, 9.17) is 4.74 Å². The molecule has 5 heteroatoms. The van der Waals surface area contributed by atoms with Gasteiger partial charge in [0.1, 0.15) is 11.4 Å². The normalized spacial score (nSPS) is 10.8. The average Bonchev–Trinajstić information content (AvgIpc) is 2.85. The second kappa shape index (κ2) is 4.70. The van der Waals surface area contributed by atoms with Gasteiger partial charge in [-0.3, -0.25) is 0 Å². The first kappa shape index (κ1) is 11.7. The molecule has 5 nitrogen and oxygen atoms in total. The molecule has 2 heterocycles. The molecule has 3 rings (SSSR count). The van der Waals surface area contributed by atoms with E-state index in [0.717, 1.165) is 11.3 Å². The summed E-state index contributed by atoms with van der Waals surface area (Å²) in [4.78, 5) is 4.25. The molecule has 0 aliphatic heterocycles. The van der Waals surface area contributed by atoms with E-state index in [1.165, 1.54) is 0 Å². The molecule has 0 radical (unpaired) electrons. The molecular weight excluding hydrogens is 242 g/mol. The average molecular weight is 255 g/mol. The fourth-order valence-electron chi connectivity index (χ4n) is 2.14. The largest absolute Gasteiger partial charge is 0.496 e. The van der Waals surface area contributed by atoms with Gasteiger partial charge >= 0.3 is 0 Å². The zero-order valence-electron chi connectivity index (χ0n) is 10.4. The Labute approximate surface area is 110 Å². The predicted octanol–water partition coefficient (Wildman–Crippen LogP) is 1.90. The van der Waals surface area contributed by atoms with Crippen LogP contribution in [0.5, 0.6) is 5.75 Å². The molecular formula is C14H13N3O2. The Morgan fingerprint density at radius 3 is 2.89 bits per heavy atom. The van der Waals surface area contributed by atoms with E-state index in [-0.39, 0.29) is 6.61 Å². The molecule has 0 atom stereocenters. The maximum atomic E-state index is 9.60. The van der Waals surface area contributed by atoms with Crippen LogP contribution in [0.25, 0.3) is 16.9 Å². The van der Waals surface area contributed by atoms with E-state index < -0.39 is 0 Å². The molecule has 0 bridgehead atoms. The third-order valence-corrected chi connectivity index (χ3v) is 3.01. The van der Waals surface area contributed by atoms with Crippen molar-refractivity contribution in [3.05, 3.63) is 48.3 Å². The summed E-state index contributed by atoms with van der Waals surface area (Å²) in [6, 6.07) is 9.40. The third-order valence-electron chi connectivity index (χ3n) is 3.01. The highest BCUT2D eigenvalue weighted by Crippen LogP contribution is 2.32. The smallest absolute Gasteiger partial charge is 0.161 e. The highest BCUT2D eigenvalue weighted by atomic mass is 16.5. The van der Waals surface area contributed by atoms with Crippen molar-refractivity contribution in [2.45, 2.75) is 6.61 Å². The van der Waals surface area contributed by atoms with Gasteiger partial charge in [-0.15, -0.1) is 0 Å². The number of rotatable bonds is 3. The Morgan fingerprint density at radius 2 is 2.11 bits per heavy atom. The highest BCUT2D eigenvalue weighted by Gasteiger charge is 2.17. The maximum absolute atomic E-state index is 9.60. The van der Waals surface area contributed by atoms with Crippen LogP contribution in [0.1, 0.15) is 5.56 Å². The summed E-state index contributed by atoms with van der Waals surface area (Å²) in [6.45, 7) is -0.117. The summed E-state index contributed by atoms with van der Waals surface area (Å²) in [5.74, 6) is 0.723. The molecule has 0 fully saturated rings. The van der Waals surface area contributed by atoms with Gasteiger partial charge in [0.2, 0.25) is 0 Å². The lowest BCUT2D eigenvalue weighted by atomic mass is 10.1. The van der Waals surface area contributed by atoms with Gasteiger partial charge in [0.05, 0.1) is 19.3 Å². The number of aliphatic hydroxyl groups excluding tert-OH is 1. The number of hydrogen-bond acceptors (Lipinski definition) is 4. The molecule has 19 heavy (non-hydrogen) atoms. The van der Waals surface area contributed by atoms with Crippen molar-refractivity contribution in [3.8, 4) is 17.0 Å². The SMILES string of the molecule is COc1ccccc1-c1nn2cccnc2c1CO. The molecule has 1 aromatic carbocycles. The lowest BCUT2D eigenvalue weighted by molar-refractivity contribution is 0.283. The summed E-state index contributed by atoms with van der Waals surface area (Å²) in [7, 11) is 1.62. The molecule has 0 unspecified atom stereocenters. The van der Waals surface area contributed by atoms with Gasteiger partial charge < -0.3 is 9.84 Å². The van der Waals surface area contributed by atoms with Crippen LogP contribution in [0.4, 0.5) is 0 Å². The van der Waals surface area contributed by atoms with E-state index in [2.05, 4.69) is 10.1 Å². The summed E-state index contributed by atoms with van der Waals surface area (Å²) in [6.07, 6.45) is 3.49. The molecule has 3 aromatic rings. The van der Waals surface area contributed by atoms with Crippen molar-refractivity contribution < 1.29 is 9.84 Å². The topological polar surface area (TPSA) is 59.7 Å². The van der Waals surface area contributed by atoms with Gasteiger partial charge in [-0.2, -0.15) is 5.10 Å². The van der Waals surface area contributed by atoms with Crippen molar-refractivity contribution >= 4 is 5.65 Å². The van der Waals surface area contributed by atoms with Crippen molar-refractivity contribution in [2.24, 2.45) is 0 Å². The zero-order valence-corrected chi connectivity index (χ0v) is 10.4. The lowest BCUT2D eigenvalue weighted by Gasteiger charge is -2.06. The van der Waals surface area contributed by atoms with Gasteiger partial charge in [0.15, 0.2) is 5.65 Å². The Morgan fingerprint density at radius 1 is 1.26 bits per heavy atom. The van der Waals surface area contributed by atoms with Crippen LogP contribution in [0.3, 0.4) is 0 Å². The van der Waals surface area contributed by atoms with Gasteiger partial charge in [-0.25, -0.2) is 9.50 Å². The van der Waals surface area contributed by atoms with Crippen molar-refractivity contribution in [1.82, 2.24) is 14.6 Å². The minimum Gasteiger partial charge on any atom is -0.496 e. The number of hydrogen-bond donors (Lipinski definition) is 1. The predicted molar refractivity (Wildman–Crippen MR) is 70.9 cm³/mol. The third kappa shape index (κ3) is 1.84. The number of ether oxygens (including phenoxy) is 1. The fourth-order valence-corrected chi connectivity index (χ4v) is 2.14. The summed E-state index contributed by atoms with van der Waals surface area (Å²) in [5.41, 5.74) is 2.90. The molecule has 1 N–H and O–H groups in total. The maximum Gasteiger partial charge on any atom is 0.161 e. The summed E-state index contributed by atoms with van der Waals surface area (Å²) < 4.78 is 7.00. The Kier molecular flexibility index (Phi) is 2.89. The van der Waals surface area contributed by atoms with Crippen molar-refractivity contribution in [3.63, 3.8) is 0 Å². The molecule has 0 spiro atoms. The Balaban J connectivity index is 2.30. The minimum atomic E-state index is -0.117. The molecule has 0 aliphatic carbocycles. The summed E-state index contributed by atoms with van der Waals surface area (Å²) >= 11 is 0. The number of nitrogens with zero attached hydrogens (tertiary/aromatic N) is 3. The molecule has 96 valence electrons. The van der Waals surface area contributed by atoms with E-state index in [1.54, 1.807) is 30.1 Å². The highest BCUT2D eigenvalue weighted by molar-refractivity contribution is 5.74. The van der Waals surface area contributed by atoms with Gasteiger partial charge in [-0.1, -0.05) is 12.1 Å². The van der Waals surface area contributed by atoms with Crippen LogP contribution < -0.4 is 4.74 Å². The van der Waals surface area contributed by atoms with Gasteiger partial charge in [0.25, 0.3) is 0 Å². The number of aliphatic hydroxyl groups is 1. The second-order valence-corrected chi connectivity index (χ2v) is 4.07. The number of methoxy groups -OCH3 is 1. The minimum absolute atomic E-state index is 0.117. The van der Waals surface area contributed by atoms with Crippen LogP contribution in [0.2, 0.25) is 0 Å². The van der Waals surface area contributed by atoms with Crippen LogP contribution in [0.15, 0.2) is 42.7 Å². The van der Waals surface area contributed by atoms with Crippen LogP contribution in [-0.4, -0.2) is 26.8 Å². The number of fused-ring (bicyclic) bond motifs is 1. The monoisotopic (exact) mass is 255 g/mol. The summed E-state index contributed by atoms with van der Waals surface area (Å²) in [5, 5.41) is 14.1. The first-order valence-electron chi connectivity index (χ1n) is 5.91. The zero-order chi connectivity index (χ0) is 13.2. The van der Waals surface area contributed by atoms with E-state index >= 15 is 0 Å². The standard InChI is InChI=1S/C14H13N3O2/c1-19-12-6-3-2-5-10(12)13-11(9-18)14-15-7-4-8-17(14)16-13/h2-8,18H,9H2,1H3. The Bertz CT molecular complexity index is 722. The first-order chi connectivity index (χ1) is 9.35. The van der Waals surface area contributed by atoms with Crippen LogP contribution in [0, 0.1) is 0 Å². The van der Waals surface area contributed by atoms with E-state index in [1.807, 2.05) is 24.3 Å². The fraction of sp³-hybridized carbons (Fsp3) is 0.143. The number of benzene rings is 1. The number of aromatic nitrogens is 3. The van der Waals surface area contributed by atoms with E-state index in [9.17, 15) is 5.11 Å². The van der Waals surface area contributed by atoms with Crippen molar-refractivity contribution in [1.29, 1.82) is 0 Å². The van der Waals surface area contributed by atoms with E-state index in [0.29, 0.717) is 16.9 Å². The van der Waals surface area contributed by atoms with Crippen LogP contribution in [-0.2, 0) is 6.61 Å². The van der Waals surface area contributed by atoms with Crippen LogP contribution >= 0.6 is 0 Å². The molecule has 0 aliphatic rings. The molecule has 0 amide bonds. The quantitative estimate of drug-likeness (QED) is 0.776. The molecule has 0 saturated heterocycles. The number of para-hydroxylation sites is 1. The van der Waals surface area contributed by atoms with Crippen molar-refractivity contribution in [2.75, 3.05) is 7.11 Å².